The number of rotatable bonds is 89. The summed E-state index contributed by atoms with van der Waals surface area (Å²) in [7, 11) is 6.33. The maximum atomic E-state index is 12.8. The molecule has 0 heterocycles. The Labute approximate surface area is 660 Å². The minimum absolute atomic E-state index is 0.0424. The Morgan fingerprint density at radius 1 is 0.214 bits per heavy atom. The van der Waals surface area contributed by atoms with Gasteiger partial charge in [-0.2, -0.15) is 0 Å². The number of carbonyl (C=O) groups excluding carboxylic acids is 7. The van der Waals surface area contributed by atoms with Gasteiger partial charge in [-0.25, -0.2) is 4.79 Å². The van der Waals surface area contributed by atoms with Gasteiger partial charge in [0.2, 0.25) is 35.4 Å². The molecule has 0 aliphatic heterocycles. The highest BCUT2D eigenvalue weighted by molar-refractivity contribution is 5.79. The van der Waals surface area contributed by atoms with E-state index in [-0.39, 0.29) is 294 Å². The Bertz CT molecular complexity index is 1940. The summed E-state index contributed by atoms with van der Waals surface area (Å²) >= 11 is 0. The molecule has 41 heteroatoms. The fourth-order valence-electron chi connectivity index (χ4n) is 7.98. The van der Waals surface area contributed by atoms with Crippen molar-refractivity contribution in [3.63, 3.8) is 0 Å². The van der Waals surface area contributed by atoms with E-state index in [1.807, 2.05) is 0 Å². The van der Waals surface area contributed by atoms with E-state index in [2.05, 4.69) is 31.9 Å². The lowest BCUT2D eigenvalue weighted by Gasteiger charge is -2.22. The molecule has 660 valence electrons. The van der Waals surface area contributed by atoms with Crippen LogP contribution < -0.4 is 31.9 Å². The molecule has 0 atom stereocenters. The van der Waals surface area contributed by atoms with Crippen LogP contribution in [0.5, 0.6) is 0 Å². The predicted molar refractivity (Wildman–Crippen MR) is 397 cm³/mol. The van der Waals surface area contributed by atoms with Crippen LogP contribution in [-0.4, -0.2) is 444 Å². The van der Waals surface area contributed by atoms with Crippen molar-refractivity contribution in [1.29, 1.82) is 0 Å². The van der Waals surface area contributed by atoms with Gasteiger partial charge in [-0.15, -0.1) is 0 Å². The zero-order valence-corrected chi connectivity index (χ0v) is 67.5. The van der Waals surface area contributed by atoms with Gasteiger partial charge in [-0.1, -0.05) is 0 Å². The molecule has 0 aliphatic rings. The zero-order chi connectivity index (χ0) is 81.8. The van der Waals surface area contributed by atoms with Crippen LogP contribution in [0.25, 0.3) is 0 Å². The van der Waals surface area contributed by atoms with Crippen LogP contribution in [-0.2, 0) is 166 Å². The highest BCUT2D eigenvalue weighted by Gasteiger charge is 2.20. The van der Waals surface area contributed by atoms with Crippen molar-refractivity contribution >= 4 is 41.4 Å². The van der Waals surface area contributed by atoms with Crippen LogP contribution >= 0.6 is 0 Å². The average molecular weight is 1630 g/mol. The lowest BCUT2D eigenvalue weighted by Crippen LogP contribution is -2.35. The fourth-order valence-corrected chi connectivity index (χ4v) is 7.98. The zero-order valence-electron chi connectivity index (χ0n) is 67.5. The number of esters is 1. The van der Waals surface area contributed by atoms with Crippen molar-refractivity contribution in [2.24, 2.45) is 0 Å². The second-order valence-electron chi connectivity index (χ2n) is 24.2. The van der Waals surface area contributed by atoms with E-state index in [0.29, 0.717) is 79.3 Å². The fraction of sp³-hybridized carbons (Fsp3) is 0.901. The number of hydrogen-bond acceptors (Lipinski definition) is 35. The second-order valence-corrected chi connectivity index (χ2v) is 24.2. The molecule has 0 saturated heterocycles. The predicted octanol–water partition coefficient (Wildman–Crippen LogP) is -3.90. The molecule has 0 aliphatic carbocycles. The van der Waals surface area contributed by atoms with E-state index >= 15 is 0 Å². The highest BCUT2D eigenvalue weighted by atomic mass is 16.6. The van der Waals surface area contributed by atoms with Gasteiger partial charge >= 0.3 is 5.97 Å². The number of nitrogens with one attached hydrogen (secondary N) is 6. The van der Waals surface area contributed by atoms with E-state index in [0.717, 1.165) is 0 Å². The number of hydrogen-bond donors (Lipinski definition) is 6. The molecule has 112 heavy (non-hydrogen) atoms. The largest absolute Gasteiger partial charge is 0.458 e. The van der Waals surface area contributed by atoms with E-state index in [1.54, 1.807) is 49.2 Å². The molecule has 41 nitrogen and oxygen atoms in total. The van der Waals surface area contributed by atoms with Gasteiger partial charge in [0.05, 0.1) is 264 Å². The van der Waals surface area contributed by atoms with E-state index in [1.165, 1.54) is 0 Å². The number of methoxy groups -OCH3 is 4. The van der Waals surface area contributed by atoms with Crippen molar-refractivity contribution in [3.05, 3.63) is 0 Å². The first kappa shape index (κ1) is 107. The van der Waals surface area contributed by atoms with Gasteiger partial charge in [0, 0.05) is 67.7 Å². The van der Waals surface area contributed by atoms with Crippen LogP contribution in [0.2, 0.25) is 0 Å². The molecule has 0 saturated carbocycles. The Morgan fingerprint density at radius 3 is 0.589 bits per heavy atom. The van der Waals surface area contributed by atoms with Crippen LogP contribution in [0.4, 0.5) is 0 Å². The SMILES string of the molecule is COCCOCCOCC(=O)NCCOCCOCC(COCCOCCNC(=O)COCCOCCOC)OCC(=O)NCCOCCOCC(COCCOCCNC(=O)COC(COCCOCCNC(=O)COCCOCCOC)COCCOCCNC(=O)COCCOCCOC)OCC(=O)OC(C)(C)C. The second kappa shape index (κ2) is 84.1. The summed E-state index contributed by atoms with van der Waals surface area (Å²) in [6.07, 6.45) is -1.95. The lowest BCUT2D eigenvalue weighted by atomic mass is 10.2. The van der Waals surface area contributed by atoms with Crippen molar-refractivity contribution in [3.8, 4) is 0 Å². The Morgan fingerprint density at radius 2 is 0.384 bits per heavy atom. The topological polar surface area (TPSA) is 450 Å². The maximum Gasteiger partial charge on any atom is 0.332 e. The minimum atomic E-state index is -0.727. The lowest BCUT2D eigenvalue weighted by molar-refractivity contribution is -0.165. The first-order valence-electron chi connectivity index (χ1n) is 37.8. The summed E-state index contributed by atoms with van der Waals surface area (Å²) in [4.78, 5) is 86.3. The molecular weight excluding hydrogens is 1500 g/mol. The maximum absolute atomic E-state index is 12.8. The Hall–Kier alpha value is -4.79. The van der Waals surface area contributed by atoms with Gasteiger partial charge in [-0.3, -0.25) is 28.8 Å². The molecule has 0 aromatic heterocycles. The van der Waals surface area contributed by atoms with Crippen molar-refractivity contribution in [2.75, 3.05) is 378 Å². The van der Waals surface area contributed by atoms with Crippen molar-refractivity contribution in [2.45, 2.75) is 44.7 Å². The molecule has 0 bridgehead atoms. The van der Waals surface area contributed by atoms with Gasteiger partial charge in [0.25, 0.3) is 0 Å². The third-order valence-corrected chi connectivity index (χ3v) is 13.4. The third kappa shape index (κ3) is 83.2. The summed E-state index contributed by atoms with van der Waals surface area (Å²) in [6, 6.07) is 0. The molecule has 6 amide bonds. The highest BCUT2D eigenvalue weighted by Crippen LogP contribution is 2.08. The van der Waals surface area contributed by atoms with Crippen LogP contribution in [0.15, 0.2) is 0 Å². The Balaban J connectivity index is 4.95. The first-order valence-corrected chi connectivity index (χ1v) is 37.8. The summed E-state index contributed by atoms with van der Waals surface area (Å²) in [5.41, 5.74) is -0.727. The van der Waals surface area contributed by atoms with E-state index in [4.69, 9.17) is 133 Å². The van der Waals surface area contributed by atoms with Crippen LogP contribution in [0.3, 0.4) is 0 Å². The molecule has 0 unspecified atom stereocenters. The molecule has 6 N–H and O–H groups in total. The first-order chi connectivity index (χ1) is 54.6. The van der Waals surface area contributed by atoms with Gasteiger partial charge in [-0.05, 0) is 20.8 Å². The quantitative estimate of drug-likeness (QED) is 0.0250. The molecule has 0 aromatic rings. The molecule has 0 spiro atoms. The summed E-state index contributed by atoms with van der Waals surface area (Å²) in [6.45, 7) is 15.4. The van der Waals surface area contributed by atoms with Crippen LogP contribution in [0.1, 0.15) is 20.8 Å². The standard InChI is InChI=1S/C71H136N6O35/c1-71(2,3)112-70(84)60-111-63(52-103-42-32-93-18-12-76-68(82)58-109-61(48-99-38-28-89-14-8-72-64(78)54-105-44-34-95-24-20-85-4)49-100-39-29-90-15-9-73-65(79)55-106-45-35-96-25-21-86-5)53-104-43-33-94-19-13-77-69(83)59-110-62(50-101-40-30-91-16-10-74-66(80)56-107-46-36-97-26-22-87-6)51-102-41-31-92-17-11-75-67(81)57-108-47-37-98-27-23-88-7/h61-63H,8-60H2,1-7H3,(H,72,78)(H,73,79)(H,74,80)(H,75,81)(H,76,82)(H,77,83). The smallest absolute Gasteiger partial charge is 0.332 e. The van der Waals surface area contributed by atoms with Gasteiger partial charge in [0.1, 0.15) is 70.2 Å². The van der Waals surface area contributed by atoms with E-state index in [9.17, 15) is 33.6 Å². The summed E-state index contributed by atoms with van der Waals surface area (Å²) < 4.78 is 153. The van der Waals surface area contributed by atoms with Crippen molar-refractivity contribution < 1.29 is 166 Å². The molecular formula is C71H136N6O35. The number of ether oxygens (including phenoxy) is 28. The monoisotopic (exact) mass is 1630 g/mol. The van der Waals surface area contributed by atoms with Gasteiger partial charge in [0.15, 0.2) is 0 Å². The normalized spacial score (nSPS) is 11.7. The molecule has 0 rings (SSSR count). The molecule has 0 aromatic carbocycles. The summed E-state index contributed by atoms with van der Waals surface area (Å²) in [5.74, 6) is -2.52. The van der Waals surface area contributed by atoms with Gasteiger partial charge < -0.3 is 165 Å². The summed E-state index contributed by atoms with van der Waals surface area (Å²) in [5, 5.41) is 16.3. The molecule has 0 radical (unpaired) electrons. The van der Waals surface area contributed by atoms with E-state index < -0.39 is 41.7 Å². The number of carbonyl (C=O) groups is 7. The number of amides is 6. The van der Waals surface area contributed by atoms with Crippen LogP contribution in [0, 0.1) is 0 Å². The third-order valence-electron chi connectivity index (χ3n) is 13.4. The average Bonchev–Trinajstić information content (AvgIpc) is 0.884. The minimum Gasteiger partial charge on any atom is -0.458 e. The van der Waals surface area contributed by atoms with Crippen molar-refractivity contribution in [1.82, 2.24) is 31.9 Å². The molecule has 0 fully saturated rings. The Kier molecular flexibility index (Phi) is 80.5.